The highest BCUT2D eigenvalue weighted by Crippen LogP contribution is 2.42. The van der Waals surface area contributed by atoms with Gasteiger partial charge in [-0.05, 0) is 49.3 Å². The van der Waals surface area contributed by atoms with E-state index in [4.69, 9.17) is 4.74 Å². The van der Waals surface area contributed by atoms with E-state index in [1.807, 2.05) is 12.1 Å². The molecule has 1 N–H and O–H groups in total. The minimum absolute atomic E-state index is 0.000415. The van der Waals surface area contributed by atoms with Crippen LogP contribution in [0.5, 0.6) is 0 Å². The second kappa shape index (κ2) is 5.22. The van der Waals surface area contributed by atoms with Gasteiger partial charge in [0.05, 0.1) is 11.7 Å². The first-order valence-corrected chi connectivity index (χ1v) is 7.27. The fourth-order valence-electron chi connectivity index (χ4n) is 3.63. The van der Waals surface area contributed by atoms with Crippen molar-refractivity contribution in [2.24, 2.45) is 5.92 Å². The SMILES string of the molecule is O[C@@]12CCCC[C@@H]1OCC[C@@H]2Cc1ccc(F)cc1. The van der Waals surface area contributed by atoms with Gasteiger partial charge in [-0.2, -0.15) is 0 Å². The summed E-state index contributed by atoms with van der Waals surface area (Å²) in [4.78, 5) is 0. The Morgan fingerprint density at radius 2 is 2.00 bits per heavy atom. The smallest absolute Gasteiger partial charge is 0.123 e. The van der Waals surface area contributed by atoms with Crippen molar-refractivity contribution in [1.82, 2.24) is 0 Å². The molecule has 0 spiro atoms. The lowest BCUT2D eigenvalue weighted by Crippen LogP contribution is -2.56. The van der Waals surface area contributed by atoms with Gasteiger partial charge in [0.15, 0.2) is 0 Å². The van der Waals surface area contributed by atoms with Gasteiger partial charge in [0, 0.05) is 6.61 Å². The van der Waals surface area contributed by atoms with E-state index in [0.717, 1.165) is 50.7 Å². The predicted octanol–water partition coefficient (Wildman–Crippen LogP) is 3.08. The van der Waals surface area contributed by atoms with E-state index in [1.165, 1.54) is 12.1 Å². The van der Waals surface area contributed by atoms with Crippen molar-refractivity contribution in [1.29, 1.82) is 0 Å². The molecule has 1 saturated carbocycles. The van der Waals surface area contributed by atoms with E-state index < -0.39 is 5.60 Å². The maximum Gasteiger partial charge on any atom is 0.123 e. The largest absolute Gasteiger partial charge is 0.387 e. The average molecular weight is 264 g/mol. The Morgan fingerprint density at radius 1 is 1.21 bits per heavy atom. The lowest BCUT2D eigenvalue weighted by atomic mass is 9.69. The van der Waals surface area contributed by atoms with Crippen LogP contribution >= 0.6 is 0 Å². The van der Waals surface area contributed by atoms with Crippen LogP contribution in [0.25, 0.3) is 0 Å². The highest BCUT2D eigenvalue weighted by Gasteiger charge is 2.48. The third kappa shape index (κ3) is 2.54. The van der Waals surface area contributed by atoms with E-state index in [9.17, 15) is 9.50 Å². The Labute approximate surface area is 113 Å². The number of ether oxygens (including phenoxy) is 1. The molecule has 1 aliphatic carbocycles. The fourth-order valence-corrected chi connectivity index (χ4v) is 3.63. The normalized spacial score (nSPS) is 34.8. The molecule has 3 atom stereocenters. The van der Waals surface area contributed by atoms with Crippen LogP contribution in [-0.4, -0.2) is 23.4 Å². The van der Waals surface area contributed by atoms with Crippen LogP contribution in [0, 0.1) is 11.7 Å². The second-order valence-corrected chi connectivity index (χ2v) is 5.91. The molecule has 1 heterocycles. The fraction of sp³-hybridized carbons (Fsp3) is 0.625. The van der Waals surface area contributed by atoms with Gasteiger partial charge in [0.1, 0.15) is 5.82 Å². The van der Waals surface area contributed by atoms with Crippen LogP contribution in [0.1, 0.15) is 37.7 Å². The van der Waals surface area contributed by atoms with Crippen molar-refractivity contribution < 1.29 is 14.2 Å². The van der Waals surface area contributed by atoms with E-state index in [1.54, 1.807) is 0 Å². The lowest BCUT2D eigenvalue weighted by Gasteiger charge is -2.48. The van der Waals surface area contributed by atoms with E-state index >= 15 is 0 Å². The Hall–Kier alpha value is -0.930. The summed E-state index contributed by atoms with van der Waals surface area (Å²) in [5, 5.41) is 11.0. The summed E-state index contributed by atoms with van der Waals surface area (Å²) in [5.74, 6) is 0.0296. The summed E-state index contributed by atoms with van der Waals surface area (Å²) >= 11 is 0. The maximum absolute atomic E-state index is 12.9. The molecule has 104 valence electrons. The zero-order valence-corrected chi connectivity index (χ0v) is 11.1. The molecule has 3 rings (SSSR count). The van der Waals surface area contributed by atoms with Gasteiger partial charge in [-0.25, -0.2) is 4.39 Å². The maximum atomic E-state index is 12.9. The molecule has 3 heteroatoms. The second-order valence-electron chi connectivity index (χ2n) is 5.91. The number of hydrogen-bond donors (Lipinski definition) is 1. The quantitative estimate of drug-likeness (QED) is 0.889. The van der Waals surface area contributed by atoms with Crippen molar-refractivity contribution in [3.63, 3.8) is 0 Å². The monoisotopic (exact) mass is 264 g/mol. The van der Waals surface area contributed by atoms with Gasteiger partial charge < -0.3 is 9.84 Å². The van der Waals surface area contributed by atoms with Crippen LogP contribution in [0.15, 0.2) is 24.3 Å². The van der Waals surface area contributed by atoms with Crippen LogP contribution in [0.2, 0.25) is 0 Å². The Morgan fingerprint density at radius 3 is 2.79 bits per heavy atom. The van der Waals surface area contributed by atoms with Gasteiger partial charge in [0.25, 0.3) is 0 Å². The summed E-state index contributed by atoms with van der Waals surface area (Å²) in [6, 6.07) is 6.64. The number of hydrogen-bond acceptors (Lipinski definition) is 2. The van der Waals surface area contributed by atoms with Crippen LogP contribution in [0.4, 0.5) is 4.39 Å². The summed E-state index contributed by atoms with van der Waals surface area (Å²) in [7, 11) is 0. The van der Waals surface area contributed by atoms with Crippen LogP contribution in [0.3, 0.4) is 0 Å². The molecule has 0 radical (unpaired) electrons. The topological polar surface area (TPSA) is 29.5 Å². The molecule has 2 aliphatic rings. The first-order chi connectivity index (χ1) is 9.18. The van der Waals surface area contributed by atoms with Gasteiger partial charge in [-0.3, -0.25) is 0 Å². The minimum Gasteiger partial charge on any atom is -0.387 e. The summed E-state index contributed by atoms with van der Waals surface area (Å²) in [5.41, 5.74) is 0.427. The predicted molar refractivity (Wildman–Crippen MR) is 71.4 cm³/mol. The molecule has 0 aromatic heterocycles. The Kier molecular flexibility index (Phi) is 3.59. The van der Waals surface area contributed by atoms with Crippen molar-refractivity contribution in [3.8, 4) is 0 Å². The zero-order valence-electron chi connectivity index (χ0n) is 11.1. The molecule has 1 aromatic rings. The van der Waals surface area contributed by atoms with Gasteiger partial charge in [-0.1, -0.05) is 25.0 Å². The molecule has 2 fully saturated rings. The van der Waals surface area contributed by atoms with Crippen molar-refractivity contribution in [2.45, 2.75) is 50.2 Å². The van der Waals surface area contributed by atoms with Gasteiger partial charge in [-0.15, -0.1) is 0 Å². The molecule has 1 saturated heterocycles. The Balaban J connectivity index is 1.77. The highest BCUT2D eigenvalue weighted by molar-refractivity contribution is 5.18. The molecule has 19 heavy (non-hydrogen) atoms. The average Bonchev–Trinajstić information content (AvgIpc) is 2.42. The number of halogens is 1. The van der Waals surface area contributed by atoms with E-state index in [-0.39, 0.29) is 17.8 Å². The van der Waals surface area contributed by atoms with E-state index in [2.05, 4.69) is 0 Å². The van der Waals surface area contributed by atoms with E-state index in [0.29, 0.717) is 0 Å². The van der Waals surface area contributed by atoms with Crippen molar-refractivity contribution in [3.05, 3.63) is 35.6 Å². The highest BCUT2D eigenvalue weighted by atomic mass is 19.1. The molecule has 0 unspecified atom stereocenters. The molecule has 1 aromatic carbocycles. The molecule has 1 aliphatic heterocycles. The number of rotatable bonds is 2. The first kappa shape index (κ1) is 13.1. The Bertz CT molecular complexity index is 429. The zero-order chi connectivity index (χ0) is 13.3. The first-order valence-electron chi connectivity index (χ1n) is 7.27. The minimum atomic E-state index is -0.676. The van der Waals surface area contributed by atoms with Crippen molar-refractivity contribution >= 4 is 0 Å². The van der Waals surface area contributed by atoms with Gasteiger partial charge in [0.2, 0.25) is 0 Å². The van der Waals surface area contributed by atoms with Crippen LogP contribution < -0.4 is 0 Å². The number of fused-ring (bicyclic) bond motifs is 1. The lowest BCUT2D eigenvalue weighted by molar-refractivity contribution is -0.194. The van der Waals surface area contributed by atoms with Gasteiger partial charge >= 0.3 is 0 Å². The third-order valence-electron chi connectivity index (χ3n) is 4.74. The third-order valence-corrected chi connectivity index (χ3v) is 4.74. The number of benzene rings is 1. The summed E-state index contributed by atoms with van der Waals surface area (Å²) < 4.78 is 18.7. The molecule has 0 bridgehead atoms. The van der Waals surface area contributed by atoms with Crippen molar-refractivity contribution in [2.75, 3.05) is 6.61 Å². The summed E-state index contributed by atoms with van der Waals surface area (Å²) in [6.45, 7) is 0.735. The molecule has 2 nitrogen and oxygen atoms in total. The standard InChI is InChI=1S/C16H21FO2/c17-14-6-4-12(5-7-14)11-13-8-10-19-15-3-1-2-9-16(13,15)18/h4-7,13,15,18H,1-3,8-11H2/t13-,15+,16-/m1/s1. The molecule has 0 amide bonds. The molecular weight excluding hydrogens is 243 g/mol. The van der Waals surface area contributed by atoms with Crippen LogP contribution in [-0.2, 0) is 11.2 Å². The molecular formula is C16H21FO2. The number of aliphatic hydroxyl groups is 1. The summed E-state index contributed by atoms with van der Waals surface area (Å²) in [6.07, 6.45) is 5.74.